The Kier molecular flexibility index (Phi) is 5.97. The van der Waals surface area contributed by atoms with Crippen molar-refractivity contribution in [2.75, 3.05) is 40.0 Å². The standard InChI is InChI=1S/C20H30N2O3/c1-24-18-4-2-16(3-5-18)14-17-6-10-22(11-7-17)19(23)20(15-21)8-12-25-13-9-20/h2-5,17H,6-15,21H2,1H3. The van der Waals surface area contributed by atoms with Gasteiger partial charge in [-0.15, -0.1) is 0 Å². The lowest BCUT2D eigenvalue weighted by Gasteiger charge is -2.41. The molecule has 3 rings (SSSR count). The quantitative estimate of drug-likeness (QED) is 0.888. The molecule has 5 heteroatoms. The Labute approximate surface area is 150 Å². The molecule has 2 aliphatic rings. The molecular formula is C20H30N2O3. The molecule has 5 nitrogen and oxygen atoms in total. The number of hydrogen-bond donors (Lipinski definition) is 1. The predicted octanol–water partition coefficient (Wildman–Crippen LogP) is 2.23. The van der Waals surface area contributed by atoms with E-state index in [0.29, 0.717) is 25.7 Å². The number of hydrogen-bond acceptors (Lipinski definition) is 4. The zero-order chi connectivity index (χ0) is 17.7. The first-order valence-corrected chi connectivity index (χ1v) is 9.37. The lowest BCUT2D eigenvalue weighted by molar-refractivity contribution is -0.148. The molecule has 1 aromatic rings. The van der Waals surface area contributed by atoms with Crippen LogP contribution in [0.4, 0.5) is 0 Å². The van der Waals surface area contributed by atoms with Gasteiger partial charge in [0.05, 0.1) is 12.5 Å². The zero-order valence-corrected chi connectivity index (χ0v) is 15.2. The van der Waals surface area contributed by atoms with Gasteiger partial charge in [-0.3, -0.25) is 4.79 Å². The second-order valence-corrected chi connectivity index (χ2v) is 7.38. The summed E-state index contributed by atoms with van der Waals surface area (Å²) in [5.41, 5.74) is 6.94. The molecule has 1 amide bonds. The Balaban J connectivity index is 1.53. The molecule has 2 fully saturated rings. The first-order valence-electron chi connectivity index (χ1n) is 9.37. The minimum atomic E-state index is -0.388. The van der Waals surface area contributed by atoms with Gasteiger partial charge in [0.25, 0.3) is 0 Å². The fourth-order valence-corrected chi connectivity index (χ4v) is 4.04. The number of benzene rings is 1. The second kappa shape index (κ2) is 8.19. The summed E-state index contributed by atoms with van der Waals surface area (Å²) in [5.74, 6) is 1.79. The minimum Gasteiger partial charge on any atom is -0.497 e. The largest absolute Gasteiger partial charge is 0.497 e. The molecule has 2 saturated heterocycles. The van der Waals surface area contributed by atoms with Crippen LogP contribution in [0.5, 0.6) is 5.75 Å². The molecule has 0 radical (unpaired) electrons. The molecule has 0 unspecified atom stereocenters. The summed E-state index contributed by atoms with van der Waals surface area (Å²) in [4.78, 5) is 15.1. The Morgan fingerprint density at radius 3 is 2.44 bits per heavy atom. The molecule has 0 aromatic heterocycles. The number of carbonyl (C=O) groups excluding carboxylic acids is 1. The fourth-order valence-electron chi connectivity index (χ4n) is 4.04. The van der Waals surface area contributed by atoms with E-state index in [4.69, 9.17) is 15.2 Å². The highest BCUT2D eigenvalue weighted by Crippen LogP contribution is 2.33. The van der Waals surface area contributed by atoms with E-state index in [1.54, 1.807) is 7.11 Å². The van der Waals surface area contributed by atoms with E-state index in [1.807, 2.05) is 17.0 Å². The van der Waals surface area contributed by atoms with E-state index in [0.717, 1.165) is 50.9 Å². The lowest BCUT2D eigenvalue weighted by Crippen LogP contribution is -2.52. The average molecular weight is 346 g/mol. The first kappa shape index (κ1) is 18.2. The molecule has 0 aliphatic carbocycles. The molecule has 0 spiro atoms. The highest BCUT2D eigenvalue weighted by Gasteiger charge is 2.42. The third-order valence-electron chi connectivity index (χ3n) is 5.88. The van der Waals surface area contributed by atoms with Crippen molar-refractivity contribution in [2.24, 2.45) is 17.1 Å². The highest BCUT2D eigenvalue weighted by atomic mass is 16.5. The topological polar surface area (TPSA) is 64.8 Å². The van der Waals surface area contributed by atoms with Crippen LogP contribution < -0.4 is 10.5 Å². The summed E-state index contributed by atoms with van der Waals surface area (Å²) in [6.45, 7) is 3.43. The number of methoxy groups -OCH3 is 1. The summed E-state index contributed by atoms with van der Waals surface area (Å²) in [7, 11) is 1.69. The normalized spacial score (nSPS) is 21.1. The SMILES string of the molecule is COc1ccc(CC2CCN(C(=O)C3(CN)CCOCC3)CC2)cc1. The van der Waals surface area contributed by atoms with Gasteiger partial charge in [-0.25, -0.2) is 0 Å². The van der Waals surface area contributed by atoms with Crippen molar-refractivity contribution in [3.05, 3.63) is 29.8 Å². The molecular weight excluding hydrogens is 316 g/mol. The van der Waals surface area contributed by atoms with Crippen LogP contribution in [0.25, 0.3) is 0 Å². The lowest BCUT2D eigenvalue weighted by atomic mass is 9.78. The predicted molar refractivity (Wildman–Crippen MR) is 97.5 cm³/mol. The summed E-state index contributed by atoms with van der Waals surface area (Å²) < 4.78 is 10.6. The van der Waals surface area contributed by atoms with E-state index in [1.165, 1.54) is 5.56 Å². The molecule has 2 aliphatic heterocycles. The Bertz CT molecular complexity index is 559. The Morgan fingerprint density at radius 1 is 1.24 bits per heavy atom. The molecule has 0 saturated carbocycles. The number of ether oxygens (including phenoxy) is 2. The number of nitrogens with zero attached hydrogens (tertiary/aromatic N) is 1. The van der Waals surface area contributed by atoms with Crippen LogP contribution in [0, 0.1) is 11.3 Å². The third kappa shape index (κ3) is 4.15. The molecule has 138 valence electrons. The van der Waals surface area contributed by atoms with Crippen LogP contribution in [0.15, 0.2) is 24.3 Å². The maximum atomic E-state index is 13.0. The van der Waals surface area contributed by atoms with Crippen LogP contribution in [0.1, 0.15) is 31.2 Å². The molecule has 25 heavy (non-hydrogen) atoms. The minimum absolute atomic E-state index is 0.251. The van der Waals surface area contributed by atoms with Gasteiger partial charge in [0, 0.05) is 32.8 Å². The van der Waals surface area contributed by atoms with Gasteiger partial charge in [-0.1, -0.05) is 12.1 Å². The van der Waals surface area contributed by atoms with Gasteiger partial charge in [0.2, 0.25) is 5.91 Å². The third-order valence-corrected chi connectivity index (χ3v) is 5.88. The van der Waals surface area contributed by atoms with Gasteiger partial charge in [-0.2, -0.15) is 0 Å². The van der Waals surface area contributed by atoms with E-state index in [-0.39, 0.29) is 11.3 Å². The van der Waals surface area contributed by atoms with Gasteiger partial charge in [-0.05, 0) is 55.7 Å². The Morgan fingerprint density at radius 2 is 1.88 bits per heavy atom. The molecule has 0 bridgehead atoms. The van der Waals surface area contributed by atoms with Crippen molar-refractivity contribution >= 4 is 5.91 Å². The van der Waals surface area contributed by atoms with Gasteiger partial charge in [0.15, 0.2) is 0 Å². The van der Waals surface area contributed by atoms with E-state index in [9.17, 15) is 4.79 Å². The number of rotatable bonds is 5. The summed E-state index contributed by atoms with van der Waals surface area (Å²) in [6.07, 6.45) is 4.72. The highest BCUT2D eigenvalue weighted by molar-refractivity contribution is 5.83. The molecule has 2 heterocycles. The van der Waals surface area contributed by atoms with E-state index < -0.39 is 0 Å². The zero-order valence-electron chi connectivity index (χ0n) is 15.2. The van der Waals surface area contributed by atoms with Gasteiger partial charge in [0.1, 0.15) is 5.75 Å². The fraction of sp³-hybridized carbons (Fsp3) is 0.650. The molecule has 0 atom stereocenters. The summed E-state index contributed by atoms with van der Waals surface area (Å²) in [5, 5.41) is 0. The van der Waals surface area contributed by atoms with Crippen molar-refractivity contribution in [3.8, 4) is 5.75 Å². The van der Waals surface area contributed by atoms with E-state index in [2.05, 4.69) is 12.1 Å². The smallest absolute Gasteiger partial charge is 0.230 e. The number of amides is 1. The average Bonchev–Trinajstić information content (AvgIpc) is 2.69. The van der Waals surface area contributed by atoms with Crippen LogP contribution in [0.2, 0.25) is 0 Å². The summed E-state index contributed by atoms with van der Waals surface area (Å²) in [6, 6.07) is 8.32. The van der Waals surface area contributed by atoms with Crippen molar-refractivity contribution in [1.82, 2.24) is 4.90 Å². The van der Waals surface area contributed by atoms with Gasteiger partial charge < -0.3 is 20.1 Å². The number of nitrogens with two attached hydrogens (primary N) is 1. The maximum Gasteiger partial charge on any atom is 0.230 e. The Hall–Kier alpha value is -1.59. The van der Waals surface area contributed by atoms with Crippen molar-refractivity contribution in [1.29, 1.82) is 0 Å². The van der Waals surface area contributed by atoms with E-state index >= 15 is 0 Å². The monoisotopic (exact) mass is 346 g/mol. The molecule has 2 N–H and O–H groups in total. The van der Waals surface area contributed by atoms with Crippen LogP contribution in [-0.4, -0.2) is 50.8 Å². The van der Waals surface area contributed by atoms with Gasteiger partial charge >= 0.3 is 0 Å². The second-order valence-electron chi connectivity index (χ2n) is 7.38. The van der Waals surface area contributed by atoms with Crippen molar-refractivity contribution < 1.29 is 14.3 Å². The summed E-state index contributed by atoms with van der Waals surface area (Å²) >= 11 is 0. The van der Waals surface area contributed by atoms with Crippen molar-refractivity contribution in [2.45, 2.75) is 32.1 Å². The van der Waals surface area contributed by atoms with Crippen LogP contribution in [-0.2, 0) is 16.0 Å². The number of carbonyl (C=O) groups is 1. The van der Waals surface area contributed by atoms with Crippen molar-refractivity contribution in [3.63, 3.8) is 0 Å². The first-order chi connectivity index (χ1) is 12.2. The van der Waals surface area contributed by atoms with Crippen LogP contribution >= 0.6 is 0 Å². The maximum absolute atomic E-state index is 13.0. The molecule has 1 aromatic carbocycles. The number of likely N-dealkylation sites (tertiary alicyclic amines) is 1. The number of piperidine rings is 1. The van der Waals surface area contributed by atoms with Crippen LogP contribution in [0.3, 0.4) is 0 Å².